The lowest BCUT2D eigenvalue weighted by atomic mass is 9.95. The topological polar surface area (TPSA) is 49.4 Å². The van der Waals surface area contributed by atoms with Gasteiger partial charge < -0.3 is 10.2 Å². The Bertz CT molecular complexity index is 586. The Morgan fingerprint density at radius 3 is 2.09 bits per heavy atom. The first kappa shape index (κ1) is 17.3. The van der Waals surface area contributed by atoms with E-state index in [0.717, 1.165) is 16.0 Å². The molecule has 0 aliphatic carbocycles. The number of hydrogen-bond acceptors (Lipinski definition) is 2. The van der Waals surface area contributed by atoms with Crippen LogP contribution in [0.5, 0.6) is 0 Å². The SMILES string of the molecule is Cc1cc(C)cc(NC(=O)C2CCN(C(=O)C(F)(F)F)CC2)c1. The molecule has 0 aromatic heterocycles. The van der Waals surface area contributed by atoms with Gasteiger partial charge in [-0.3, -0.25) is 9.59 Å². The number of halogens is 3. The molecule has 1 aromatic carbocycles. The summed E-state index contributed by atoms with van der Waals surface area (Å²) in [5, 5.41) is 2.80. The Kier molecular flexibility index (Phi) is 4.97. The van der Waals surface area contributed by atoms with Crippen molar-refractivity contribution in [3.05, 3.63) is 29.3 Å². The Hall–Kier alpha value is -2.05. The Labute approximate surface area is 132 Å². The van der Waals surface area contributed by atoms with Crippen LogP contribution < -0.4 is 5.32 Å². The van der Waals surface area contributed by atoms with Crippen molar-refractivity contribution in [3.8, 4) is 0 Å². The second-order valence-electron chi connectivity index (χ2n) is 5.93. The maximum absolute atomic E-state index is 12.4. The second kappa shape index (κ2) is 6.60. The predicted molar refractivity (Wildman–Crippen MR) is 79.9 cm³/mol. The molecular weight excluding hydrogens is 309 g/mol. The molecule has 1 saturated heterocycles. The third-order valence-corrected chi connectivity index (χ3v) is 3.88. The maximum atomic E-state index is 12.4. The minimum Gasteiger partial charge on any atom is -0.335 e. The molecule has 126 valence electrons. The summed E-state index contributed by atoms with van der Waals surface area (Å²) in [6.45, 7) is 3.74. The first-order valence-electron chi connectivity index (χ1n) is 7.42. The van der Waals surface area contributed by atoms with Crippen molar-refractivity contribution in [2.45, 2.75) is 32.9 Å². The van der Waals surface area contributed by atoms with E-state index in [2.05, 4.69) is 5.32 Å². The largest absolute Gasteiger partial charge is 0.471 e. The predicted octanol–water partition coefficient (Wildman–Crippen LogP) is 3.04. The number of amides is 2. The van der Waals surface area contributed by atoms with Crippen molar-refractivity contribution < 1.29 is 22.8 Å². The Morgan fingerprint density at radius 1 is 1.09 bits per heavy atom. The van der Waals surface area contributed by atoms with Crippen LogP contribution in [0.4, 0.5) is 18.9 Å². The minimum atomic E-state index is -4.85. The van der Waals surface area contributed by atoms with E-state index in [1.807, 2.05) is 32.0 Å². The quantitative estimate of drug-likeness (QED) is 0.907. The summed E-state index contributed by atoms with van der Waals surface area (Å²) in [5.74, 6) is -2.42. The lowest BCUT2D eigenvalue weighted by Crippen LogP contribution is -2.46. The molecule has 0 saturated carbocycles. The molecule has 1 N–H and O–H groups in total. The van der Waals surface area contributed by atoms with Crippen molar-refractivity contribution in [3.63, 3.8) is 0 Å². The normalized spacial score (nSPS) is 16.3. The zero-order chi connectivity index (χ0) is 17.2. The van der Waals surface area contributed by atoms with Crippen molar-refractivity contribution >= 4 is 17.5 Å². The Morgan fingerprint density at radius 2 is 1.61 bits per heavy atom. The fourth-order valence-electron chi connectivity index (χ4n) is 2.82. The van der Waals surface area contributed by atoms with Crippen molar-refractivity contribution in [1.29, 1.82) is 0 Å². The van der Waals surface area contributed by atoms with Crippen LogP contribution in [-0.2, 0) is 9.59 Å². The van der Waals surface area contributed by atoms with Crippen LogP contribution in [-0.4, -0.2) is 36.0 Å². The number of nitrogens with zero attached hydrogens (tertiary/aromatic N) is 1. The molecule has 0 atom stereocenters. The highest BCUT2D eigenvalue weighted by atomic mass is 19.4. The van der Waals surface area contributed by atoms with Crippen molar-refractivity contribution in [1.82, 2.24) is 4.90 Å². The summed E-state index contributed by atoms with van der Waals surface area (Å²) >= 11 is 0. The van der Waals surface area contributed by atoms with E-state index in [0.29, 0.717) is 5.69 Å². The minimum absolute atomic E-state index is 0.0523. The van der Waals surface area contributed by atoms with Crippen molar-refractivity contribution in [2.24, 2.45) is 5.92 Å². The monoisotopic (exact) mass is 328 g/mol. The van der Waals surface area contributed by atoms with Gasteiger partial charge in [0.25, 0.3) is 0 Å². The number of piperidine rings is 1. The number of nitrogens with one attached hydrogen (secondary N) is 1. The van der Waals surface area contributed by atoms with Gasteiger partial charge in [0.15, 0.2) is 0 Å². The third-order valence-electron chi connectivity index (χ3n) is 3.88. The van der Waals surface area contributed by atoms with Gasteiger partial charge in [-0.15, -0.1) is 0 Å². The number of rotatable bonds is 2. The molecule has 0 spiro atoms. The fraction of sp³-hybridized carbons (Fsp3) is 0.500. The van der Waals surface area contributed by atoms with E-state index in [1.165, 1.54) is 0 Å². The molecule has 1 aliphatic heterocycles. The van der Waals surface area contributed by atoms with Crippen LogP contribution in [0.3, 0.4) is 0 Å². The number of anilines is 1. The zero-order valence-corrected chi connectivity index (χ0v) is 13.0. The number of aryl methyl sites for hydroxylation is 2. The fourth-order valence-corrected chi connectivity index (χ4v) is 2.82. The van der Waals surface area contributed by atoms with E-state index >= 15 is 0 Å². The van der Waals surface area contributed by atoms with Crippen LogP contribution in [0.25, 0.3) is 0 Å². The van der Waals surface area contributed by atoms with E-state index < -0.39 is 12.1 Å². The molecule has 0 radical (unpaired) electrons. The standard InChI is InChI=1S/C16H19F3N2O2/c1-10-7-11(2)9-13(8-10)20-14(22)12-3-5-21(6-4-12)15(23)16(17,18)19/h7-9,12H,3-6H2,1-2H3,(H,20,22). The second-order valence-corrected chi connectivity index (χ2v) is 5.93. The zero-order valence-electron chi connectivity index (χ0n) is 13.0. The van der Waals surface area contributed by atoms with E-state index in [-0.39, 0.29) is 37.8 Å². The molecule has 1 aliphatic rings. The van der Waals surface area contributed by atoms with Gasteiger partial charge in [0.2, 0.25) is 5.91 Å². The Balaban J connectivity index is 1.92. The summed E-state index contributed by atoms with van der Waals surface area (Å²) < 4.78 is 37.1. The third kappa shape index (κ3) is 4.46. The molecule has 4 nitrogen and oxygen atoms in total. The summed E-state index contributed by atoms with van der Waals surface area (Å²) in [7, 11) is 0. The molecular formula is C16H19F3N2O2. The molecule has 1 fully saturated rings. The number of hydrogen-bond donors (Lipinski definition) is 1. The smallest absolute Gasteiger partial charge is 0.335 e. The van der Waals surface area contributed by atoms with Gasteiger partial charge in [-0.05, 0) is 49.9 Å². The average molecular weight is 328 g/mol. The lowest BCUT2D eigenvalue weighted by Gasteiger charge is -2.31. The van der Waals surface area contributed by atoms with Gasteiger partial charge in [-0.1, -0.05) is 6.07 Å². The molecule has 7 heteroatoms. The lowest BCUT2D eigenvalue weighted by molar-refractivity contribution is -0.186. The van der Waals surface area contributed by atoms with Gasteiger partial charge in [0.1, 0.15) is 0 Å². The molecule has 2 amide bonds. The van der Waals surface area contributed by atoms with E-state index in [4.69, 9.17) is 0 Å². The van der Waals surface area contributed by atoms with Crippen LogP contribution in [0.1, 0.15) is 24.0 Å². The number of alkyl halides is 3. The molecule has 1 heterocycles. The van der Waals surface area contributed by atoms with Crippen molar-refractivity contribution in [2.75, 3.05) is 18.4 Å². The van der Waals surface area contributed by atoms with Gasteiger partial charge in [-0.2, -0.15) is 13.2 Å². The number of likely N-dealkylation sites (tertiary alicyclic amines) is 1. The van der Waals surface area contributed by atoms with Crippen LogP contribution in [0.2, 0.25) is 0 Å². The van der Waals surface area contributed by atoms with Crippen LogP contribution in [0, 0.1) is 19.8 Å². The number of benzene rings is 1. The number of carbonyl (C=O) groups excluding carboxylic acids is 2. The van der Waals surface area contributed by atoms with Crippen LogP contribution in [0.15, 0.2) is 18.2 Å². The van der Waals surface area contributed by atoms with E-state index in [9.17, 15) is 22.8 Å². The van der Waals surface area contributed by atoms with Gasteiger partial charge >= 0.3 is 12.1 Å². The molecule has 0 bridgehead atoms. The highest BCUT2D eigenvalue weighted by Crippen LogP contribution is 2.25. The summed E-state index contributed by atoms with van der Waals surface area (Å²) in [5.41, 5.74) is 2.72. The maximum Gasteiger partial charge on any atom is 0.471 e. The first-order chi connectivity index (χ1) is 10.7. The summed E-state index contributed by atoms with van der Waals surface area (Å²) in [6.07, 6.45) is -4.38. The first-order valence-corrected chi connectivity index (χ1v) is 7.42. The van der Waals surface area contributed by atoms with Crippen LogP contribution >= 0.6 is 0 Å². The summed E-state index contributed by atoms with van der Waals surface area (Å²) in [6, 6.07) is 5.66. The van der Waals surface area contributed by atoms with Gasteiger partial charge in [0.05, 0.1) is 0 Å². The average Bonchev–Trinajstić information content (AvgIpc) is 2.44. The highest BCUT2D eigenvalue weighted by molar-refractivity contribution is 5.93. The highest BCUT2D eigenvalue weighted by Gasteiger charge is 2.43. The number of carbonyl (C=O) groups is 2. The summed E-state index contributed by atoms with van der Waals surface area (Å²) in [4.78, 5) is 24.2. The molecule has 1 aromatic rings. The molecule has 23 heavy (non-hydrogen) atoms. The van der Waals surface area contributed by atoms with Gasteiger partial charge in [-0.25, -0.2) is 0 Å². The molecule has 2 rings (SSSR count). The van der Waals surface area contributed by atoms with Gasteiger partial charge in [0, 0.05) is 24.7 Å². The van der Waals surface area contributed by atoms with E-state index in [1.54, 1.807) is 0 Å². The molecule has 0 unspecified atom stereocenters.